The third kappa shape index (κ3) is 1.45. The van der Waals surface area contributed by atoms with Gasteiger partial charge in [0.05, 0.1) is 11.0 Å². The second-order valence-corrected chi connectivity index (χ2v) is 5.23. The minimum atomic E-state index is -0.477. The van der Waals surface area contributed by atoms with E-state index in [1.54, 1.807) is 0 Å². The summed E-state index contributed by atoms with van der Waals surface area (Å²) in [7, 11) is 0. The number of nitrogens with zero attached hydrogens (tertiary/aromatic N) is 1. The van der Waals surface area contributed by atoms with Gasteiger partial charge in [0, 0.05) is 0 Å². The first-order valence-electron chi connectivity index (χ1n) is 6.60. The average Bonchev–Trinajstić information content (AvgIpc) is 3.02. The molecule has 3 aromatic rings. The molecular formula is C16H15N3. The van der Waals surface area contributed by atoms with Crippen molar-refractivity contribution in [1.82, 2.24) is 9.97 Å². The Morgan fingerprint density at radius 3 is 2.74 bits per heavy atom. The summed E-state index contributed by atoms with van der Waals surface area (Å²) in [6, 6.07) is 16.5. The molecule has 1 unspecified atom stereocenters. The van der Waals surface area contributed by atoms with Crippen molar-refractivity contribution in [1.29, 1.82) is 0 Å². The molecule has 1 aliphatic carbocycles. The Hall–Kier alpha value is -2.13. The standard InChI is InChI=1S/C16H15N3/c17-16(10-9-11-5-1-2-6-12(11)16)15-18-13-7-3-4-8-14(13)19-15/h1-8H,9-10,17H2,(H,18,19). The van der Waals surface area contributed by atoms with Crippen molar-refractivity contribution in [2.45, 2.75) is 18.4 Å². The molecule has 0 saturated heterocycles. The molecule has 0 saturated carbocycles. The lowest BCUT2D eigenvalue weighted by atomic mass is 9.92. The van der Waals surface area contributed by atoms with Crippen LogP contribution in [0.3, 0.4) is 0 Å². The largest absolute Gasteiger partial charge is 0.340 e. The highest BCUT2D eigenvalue weighted by Crippen LogP contribution is 2.39. The lowest BCUT2D eigenvalue weighted by molar-refractivity contribution is 0.506. The van der Waals surface area contributed by atoms with Gasteiger partial charge in [-0.25, -0.2) is 4.98 Å². The summed E-state index contributed by atoms with van der Waals surface area (Å²) in [6.45, 7) is 0. The fourth-order valence-electron chi connectivity index (χ4n) is 3.05. The smallest absolute Gasteiger partial charge is 0.132 e. The monoisotopic (exact) mass is 249 g/mol. The summed E-state index contributed by atoms with van der Waals surface area (Å²) in [5.41, 5.74) is 10.8. The van der Waals surface area contributed by atoms with Gasteiger partial charge in [-0.05, 0) is 36.1 Å². The highest BCUT2D eigenvalue weighted by Gasteiger charge is 2.38. The van der Waals surface area contributed by atoms with Crippen LogP contribution in [0.1, 0.15) is 23.4 Å². The number of aromatic amines is 1. The number of nitrogens with one attached hydrogen (secondary N) is 1. The van der Waals surface area contributed by atoms with E-state index in [9.17, 15) is 0 Å². The van der Waals surface area contributed by atoms with Crippen molar-refractivity contribution >= 4 is 11.0 Å². The molecule has 1 aliphatic rings. The number of aromatic nitrogens is 2. The van der Waals surface area contributed by atoms with E-state index >= 15 is 0 Å². The summed E-state index contributed by atoms with van der Waals surface area (Å²) >= 11 is 0. The van der Waals surface area contributed by atoms with Crippen molar-refractivity contribution < 1.29 is 0 Å². The number of hydrogen-bond donors (Lipinski definition) is 2. The van der Waals surface area contributed by atoms with E-state index in [-0.39, 0.29) is 0 Å². The van der Waals surface area contributed by atoms with E-state index < -0.39 is 5.54 Å². The van der Waals surface area contributed by atoms with Crippen LogP contribution < -0.4 is 5.73 Å². The van der Waals surface area contributed by atoms with Crippen molar-refractivity contribution in [3.8, 4) is 0 Å². The van der Waals surface area contributed by atoms with Gasteiger partial charge < -0.3 is 10.7 Å². The lowest BCUT2D eigenvalue weighted by Gasteiger charge is -2.22. The molecule has 0 fully saturated rings. The van der Waals surface area contributed by atoms with Gasteiger partial charge >= 0.3 is 0 Å². The first-order valence-corrected chi connectivity index (χ1v) is 6.60. The molecule has 0 spiro atoms. The van der Waals surface area contributed by atoms with Crippen molar-refractivity contribution in [3.63, 3.8) is 0 Å². The quantitative estimate of drug-likeness (QED) is 0.696. The summed E-state index contributed by atoms with van der Waals surface area (Å²) in [5.74, 6) is 0.874. The van der Waals surface area contributed by atoms with Crippen LogP contribution in [0.2, 0.25) is 0 Å². The van der Waals surface area contributed by atoms with E-state index in [1.807, 2.05) is 24.3 Å². The second-order valence-electron chi connectivity index (χ2n) is 5.23. The molecule has 1 heterocycles. The Balaban J connectivity index is 1.92. The Morgan fingerprint density at radius 1 is 1.05 bits per heavy atom. The molecule has 0 bridgehead atoms. The third-order valence-electron chi connectivity index (χ3n) is 4.10. The number of H-pyrrole nitrogens is 1. The summed E-state index contributed by atoms with van der Waals surface area (Å²) in [4.78, 5) is 8.07. The maximum Gasteiger partial charge on any atom is 0.132 e. The van der Waals surface area contributed by atoms with Crippen LogP contribution in [-0.4, -0.2) is 9.97 Å². The molecular weight excluding hydrogens is 234 g/mol. The van der Waals surface area contributed by atoms with Crippen LogP contribution in [-0.2, 0) is 12.0 Å². The zero-order valence-corrected chi connectivity index (χ0v) is 10.6. The minimum absolute atomic E-state index is 0.477. The fourth-order valence-corrected chi connectivity index (χ4v) is 3.05. The van der Waals surface area contributed by atoms with Gasteiger partial charge in [-0.1, -0.05) is 36.4 Å². The number of nitrogens with two attached hydrogens (primary N) is 1. The van der Waals surface area contributed by atoms with E-state index in [2.05, 4.69) is 34.2 Å². The maximum absolute atomic E-state index is 6.66. The fraction of sp³-hybridized carbons (Fsp3) is 0.188. The first-order chi connectivity index (χ1) is 9.27. The van der Waals surface area contributed by atoms with E-state index in [0.717, 1.165) is 29.7 Å². The summed E-state index contributed by atoms with van der Waals surface area (Å²) in [5, 5.41) is 0. The van der Waals surface area contributed by atoms with E-state index in [0.29, 0.717) is 0 Å². The van der Waals surface area contributed by atoms with Crippen LogP contribution in [0.25, 0.3) is 11.0 Å². The van der Waals surface area contributed by atoms with Crippen LogP contribution in [0, 0.1) is 0 Å². The van der Waals surface area contributed by atoms with Crippen LogP contribution in [0.5, 0.6) is 0 Å². The first kappa shape index (κ1) is 10.8. The van der Waals surface area contributed by atoms with Gasteiger partial charge in [-0.3, -0.25) is 0 Å². The van der Waals surface area contributed by atoms with Crippen molar-refractivity contribution in [2.75, 3.05) is 0 Å². The van der Waals surface area contributed by atoms with Crippen LogP contribution in [0.4, 0.5) is 0 Å². The zero-order valence-electron chi connectivity index (χ0n) is 10.6. The number of hydrogen-bond acceptors (Lipinski definition) is 2. The van der Waals surface area contributed by atoms with Gasteiger partial charge in [0.1, 0.15) is 11.4 Å². The predicted octanol–water partition coefficient (Wildman–Crippen LogP) is 2.71. The van der Waals surface area contributed by atoms with E-state index in [1.165, 1.54) is 11.1 Å². The van der Waals surface area contributed by atoms with Gasteiger partial charge in [-0.2, -0.15) is 0 Å². The highest BCUT2D eigenvalue weighted by molar-refractivity contribution is 5.75. The second kappa shape index (κ2) is 3.68. The molecule has 0 radical (unpaired) electrons. The molecule has 1 atom stereocenters. The topological polar surface area (TPSA) is 54.7 Å². The number of aryl methyl sites for hydroxylation is 1. The molecule has 0 aliphatic heterocycles. The van der Waals surface area contributed by atoms with E-state index in [4.69, 9.17) is 5.73 Å². The molecule has 1 aromatic heterocycles. The lowest BCUT2D eigenvalue weighted by Crippen LogP contribution is -2.36. The van der Waals surface area contributed by atoms with Crippen LogP contribution in [0.15, 0.2) is 48.5 Å². The zero-order chi connectivity index (χ0) is 12.9. The molecule has 3 N–H and O–H groups in total. The van der Waals surface area contributed by atoms with Gasteiger partial charge in [0.15, 0.2) is 0 Å². The van der Waals surface area contributed by atoms with Crippen molar-refractivity contribution in [2.24, 2.45) is 5.73 Å². The number of rotatable bonds is 1. The minimum Gasteiger partial charge on any atom is -0.340 e. The van der Waals surface area contributed by atoms with Crippen LogP contribution >= 0.6 is 0 Å². The average molecular weight is 249 g/mol. The SMILES string of the molecule is NC1(c2nc3ccccc3[nH]2)CCc2ccccc21. The predicted molar refractivity (Wildman–Crippen MR) is 75.8 cm³/mol. The molecule has 4 rings (SSSR count). The normalized spacial score (nSPS) is 21.7. The Labute approximate surface area is 111 Å². The molecule has 2 aromatic carbocycles. The van der Waals surface area contributed by atoms with Crippen molar-refractivity contribution in [3.05, 3.63) is 65.5 Å². The van der Waals surface area contributed by atoms with Gasteiger partial charge in [-0.15, -0.1) is 0 Å². The maximum atomic E-state index is 6.66. The molecule has 19 heavy (non-hydrogen) atoms. The summed E-state index contributed by atoms with van der Waals surface area (Å²) in [6.07, 6.45) is 1.93. The number of fused-ring (bicyclic) bond motifs is 2. The molecule has 94 valence electrons. The Kier molecular flexibility index (Phi) is 2.09. The van der Waals surface area contributed by atoms with Gasteiger partial charge in [0.25, 0.3) is 0 Å². The molecule has 0 amide bonds. The third-order valence-corrected chi connectivity index (χ3v) is 4.10. The highest BCUT2D eigenvalue weighted by atomic mass is 15.0. The molecule has 3 heteroatoms. The number of imidazole rings is 1. The number of para-hydroxylation sites is 2. The summed E-state index contributed by atoms with van der Waals surface area (Å²) < 4.78 is 0. The molecule has 3 nitrogen and oxygen atoms in total. The Morgan fingerprint density at radius 2 is 1.84 bits per heavy atom. The van der Waals surface area contributed by atoms with Gasteiger partial charge in [0.2, 0.25) is 0 Å². The Bertz CT molecular complexity index is 726. The number of benzene rings is 2.